The number of carboxylic acids is 1. The fourth-order valence-corrected chi connectivity index (χ4v) is 2.35. The molecule has 4 nitrogen and oxygen atoms in total. The van der Waals surface area contributed by atoms with Gasteiger partial charge in [-0.3, -0.25) is 4.79 Å². The maximum atomic E-state index is 11.2. The summed E-state index contributed by atoms with van der Waals surface area (Å²) in [5, 5.41) is 9.73. The monoisotopic (exact) mass is 265 g/mol. The SMILES string of the molecule is O=Cc1[nH]c2cc(-c3ccccc3)ccc2c1C(=O)O. The van der Waals surface area contributed by atoms with Crippen LogP contribution in [0.5, 0.6) is 0 Å². The molecule has 2 aromatic carbocycles. The van der Waals surface area contributed by atoms with Crippen molar-refractivity contribution in [3.8, 4) is 11.1 Å². The van der Waals surface area contributed by atoms with E-state index in [0.717, 1.165) is 11.1 Å². The van der Waals surface area contributed by atoms with E-state index in [1.54, 1.807) is 6.07 Å². The molecule has 0 atom stereocenters. The van der Waals surface area contributed by atoms with Gasteiger partial charge in [-0.15, -0.1) is 0 Å². The third-order valence-corrected chi connectivity index (χ3v) is 3.27. The van der Waals surface area contributed by atoms with Crippen molar-refractivity contribution in [3.63, 3.8) is 0 Å². The predicted octanol–water partition coefficient (Wildman–Crippen LogP) is 3.35. The minimum absolute atomic E-state index is 0.0228. The first-order valence-electron chi connectivity index (χ1n) is 6.10. The fraction of sp³-hybridized carbons (Fsp3) is 0. The van der Waals surface area contributed by atoms with Gasteiger partial charge in [-0.05, 0) is 17.2 Å². The van der Waals surface area contributed by atoms with Crippen LogP contribution in [-0.2, 0) is 0 Å². The zero-order valence-corrected chi connectivity index (χ0v) is 10.5. The van der Waals surface area contributed by atoms with Gasteiger partial charge in [-0.2, -0.15) is 0 Å². The van der Waals surface area contributed by atoms with E-state index >= 15 is 0 Å². The Morgan fingerprint density at radius 3 is 2.45 bits per heavy atom. The summed E-state index contributed by atoms with van der Waals surface area (Å²) in [6, 6.07) is 15.2. The van der Waals surface area contributed by atoms with E-state index in [1.165, 1.54) is 0 Å². The molecular weight excluding hydrogens is 254 g/mol. The van der Waals surface area contributed by atoms with Crippen molar-refractivity contribution in [2.45, 2.75) is 0 Å². The van der Waals surface area contributed by atoms with Crippen molar-refractivity contribution in [3.05, 3.63) is 59.8 Å². The average molecular weight is 265 g/mol. The van der Waals surface area contributed by atoms with Crippen LogP contribution >= 0.6 is 0 Å². The molecule has 98 valence electrons. The molecule has 1 aromatic heterocycles. The largest absolute Gasteiger partial charge is 0.478 e. The van der Waals surface area contributed by atoms with Crippen molar-refractivity contribution < 1.29 is 14.7 Å². The number of rotatable bonds is 3. The van der Waals surface area contributed by atoms with Crippen LogP contribution in [-0.4, -0.2) is 22.3 Å². The molecule has 20 heavy (non-hydrogen) atoms. The van der Waals surface area contributed by atoms with Crippen molar-refractivity contribution in [1.29, 1.82) is 0 Å². The van der Waals surface area contributed by atoms with Crippen molar-refractivity contribution in [2.24, 2.45) is 0 Å². The standard InChI is InChI=1S/C16H11NO3/c18-9-14-15(16(19)20)12-7-6-11(8-13(12)17-14)10-4-2-1-3-5-10/h1-9,17H,(H,19,20). The molecule has 0 unspecified atom stereocenters. The number of hydrogen-bond acceptors (Lipinski definition) is 2. The van der Waals surface area contributed by atoms with Gasteiger partial charge in [-0.1, -0.05) is 42.5 Å². The molecule has 0 amide bonds. The number of carbonyl (C=O) groups excluding carboxylic acids is 1. The minimum Gasteiger partial charge on any atom is -0.478 e. The highest BCUT2D eigenvalue weighted by molar-refractivity contribution is 6.10. The molecule has 0 aliphatic heterocycles. The molecule has 0 fully saturated rings. The molecule has 0 bridgehead atoms. The lowest BCUT2D eigenvalue weighted by molar-refractivity contribution is 0.0696. The summed E-state index contributed by atoms with van der Waals surface area (Å²) in [5.41, 5.74) is 2.76. The lowest BCUT2D eigenvalue weighted by atomic mass is 10.0. The number of aromatic nitrogens is 1. The molecule has 2 N–H and O–H groups in total. The van der Waals surface area contributed by atoms with Crippen molar-refractivity contribution in [2.75, 3.05) is 0 Å². The van der Waals surface area contributed by atoms with E-state index in [-0.39, 0.29) is 11.3 Å². The number of benzene rings is 2. The van der Waals surface area contributed by atoms with Gasteiger partial charge in [0, 0.05) is 10.9 Å². The first kappa shape index (κ1) is 12.2. The molecule has 0 aliphatic rings. The highest BCUT2D eigenvalue weighted by atomic mass is 16.4. The van der Waals surface area contributed by atoms with E-state index < -0.39 is 5.97 Å². The van der Waals surface area contributed by atoms with Crippen LogP contribution < -0.4 is 0 Å². The summed E-state index contributed by atoms with van der Waals surface area (Å²) >= 11 is 0. The molecule has 0 saturated carbocycles. The van der Waals surface area contributed by atoms with Gasteiger partial charge < -0.3 is 10.1 Å². The Hall–Kier alpha value is -2.88. The number of carboxylic acid groups (broad SMARTS) is 1. The van der Waals surface area contributed by atoms with Crippen LogP contribution in [0, 0.1) is 0 Å². The number of nitrogens with one attached hydrogen (secondary N) is 1. The summed E-state index contributed by atoms with van der Waals surface area (Å²) in [4.78, 5) is 25.0. The molecule has 3 aromatic rings. The molecule has 0 spiro atoms. The first-order chi connectivity index (χ1) is 9.70. The second-order valence-electron chi connectivity index (χ2n) is 4.46. The fourth-order valence-electron chi connectivity index (χ4n) is 2.35. The summed E-state index contributed by atoms with van der Waals surface area (Å²) < 4.78 is 0. The Morgan fingerprint density at radius 2 is 1.80 bits per heavy atom. The van der Waals surface area contributed by atoms with E-state index in [1.807, 2.05) is 42.5 Å². The van der Waals surface area contributed by atoms with Gasteiger partial charge in [0.1, 0.15) is 0 Å². The van der Waals surface area contributed by atoms with Crippen LogP contribution in [0.1, 0.15) is 20.8 Å². The molecular formula is C16H11NO3. The molecule has 4 heteroatoms. The number of aldehydes is 1. The summed E-state index contributed by atoms with van der Waals surface area (Å²) in [7, 11) is 0. The molecule has 3 rings (SSSR count). The second-order valence-corrected chi connectivity index (χ2v) is 4.46. The van der Waals surface area contributed by atoms with Crippen LogP contribution in [0.15, 0.2) is 48.5 Å². The highest BCUT2D eigenvalue weighted by Crippen LogP contribution is 2.27. The number of aromatic amines is 1. The third-order valence-electron chi connectivity index (χ3n) is 3.27. The average Bonchev–Trinajstić information content (AvgIpc) is 2.85. The van der Waals surface area contributed by atoms with E-state index in [9.17, 15) is 14.7 Å². The number of carbonyl (C=O) groups is 2. The third kappa shape index (κ3) is 1.87. The topological polar surface area (TPSA) is 70.2 Å². The quantitative estimate of drug-likeness (QED) is 0.713. The molecule has 0 aliphatic carbocycles. The highest BCUT2D eigenvalue weighted by Gasteiger charge is 2.17. The van der Waals surface area contributed by atoms with Crippen LogP contribution in [0.25, 0.3) is 22.0 Å². The van der Waals surface area contributed by atoms with Crippen LogP contribution in [0.3, 0.4) is 0 Å². The Bertz CT molecular complexity index is 803. The van der Waals surface area contributed by atoms with E-state index in [0.29, 0.717) is 17.2 Å². The van der Waals surface area contributed by atoms with Crippen LogP contribution in [0.4, 0.5) is 0 Å². The van der Waals surface area contributed by atoms with E-state index in [4.69, 9.17) is 0 Å². The lowest BCUT2D eigenvalue weighted by Crippen LogP contribution is -1.99. The summed E-state index contributed by atoms with van der Waals surface area (Å²) in [6.07, 6.45) is 0.533. The molecule has 0 radical (unpaired) electrons. The zero-order chi connectivity index (χ0) is 14.1. The number of H-pyrrole nitrogens is 1. The maximum absolute atomic E-state index is 11.2. The van der Waals surface area contributed by atoms with Gasteiger partial charge in [0.05, 0.1) is 11.3 Å². The normalized spacial score (nSPS) is 10.6. The van der Waals surface area contributed by atoms with Gasteiger partial charge in [0.2, 0.25) is 0 Å². The molecule has 1 heterocycles. The second kappa shape index (κ2) is 4.66. The zero-order valence-electron chi connectivity index (χ0n) is 10.5. The number of hydrogen-bond donors (Lipinski definition) is 2. The predicted molar refractivity (Wildman–Crippen MR) is 76.1 cm³/mol. The number of aromatic carboxylic acids is 1. The number of fused-ring (bicyclic) bond motifs is 1. The van der Waals surface area contributed by atoms with Crippen molar-refractivity contribution in [1.82, 2.24) is 4.98 Å². The minimum atomic E-state index is -1.11. The lowest BCUT2D eigenvalue weighted by Gasteiger charge is -2.01. The Morgan fingerprint density at radius 1 is 1.05 bits per heavy atom. The summed E-state index contributed by atoms with van der Waals surface area (Å²) in [6.45, 7) is 0. The molecule has 0 saturated heterocycles. The van der Waals surface area contributed by atoms with E-state index in [2.05, 4.69) is 4.98 Å². The van der Waals surface area contributed by atoms with Gasteiger partial charge in [-0.25, -0.2) is 4.79 Å². The van der Waals surface area contributed by atoms with Gasteiger partial charge >= 0.3 is 5.97 Å². The van der Waals surface area contributed by atoms with Gasteiger partial charge in [0.25, 0.3) is 0 Å². The van der Waals surface area contributed by atoms with Gasteiger partial charge in [0.15, 0.2) is 6.29 Å². The van der Waals surface area contributed by atoms with Crippen molar-refractivity contribution >= 4 is 23.2 Å². The Balaban J connectivity index is 2.23. The smallest absolute Gasteiger partial charge is 0.338 e. The maximum Gasteiger partial charge on any atom is 0.338 e. The van der Waals surface area contributed by atoms with Crippen LogP contribution in [0.2, 0.25) is 0 Å². The first-order valence-corrected chi connectivity index (χ1v) is 6.10. The Labute approximate surface area is 114 Å². The Kier molecular flexibility index (Phi) is 2.84. The summed E-state index contributed by atoms with van der Waals surface area (Å²) in [5.74, 6) is -1.11.